The maximum Gasteiger partial charge on any atom is 0.221 e. The number of hydrogen-bond acceptors (Lipinski definition) is 4. The van der Waals surface area contributed by atoms with Gasteiger partial charge >= 0.3 is 0 Å². The van der Waals surface area contributed by atoms with E-state index in [9.17, 15) is 13.2 Å². The number of sulfone groups is 1. The Morgan fingerprint density at radius 3 is 2.20 bits per heavy atom. The highest BCUT2D eigenvalue weighted by atomic mass is 32.2. The summed E-state index contributed by atoms with van der Waals surface area (Å²) >= 11 is 0. The zero-order valence-electron chi connectivity index (χ0n) is 8.51. The number of methoxy groups -OCH3 is 1. The van der Waals surface area contributed by atoms with Crippen LogP contribution in [0.25, 0.3) is 0 Å². The molecule has 0 heterocycles. The third-order valence-electron chi connectivity index (χ3n) is 1.88. The molecule has 1 unspecified atom stereocenters. The van der Waals surface area contributed by atoms with E-state index in [-0.39, 0.29) is 0 Å². The molecule has 15 heavy (non-hydrogen) atoms. The van der Waals surface area contributed by atoms with Gasteiger partial charge in [-0.05, 0) is 0 Å². The molecule has 4 nitrogen and oxygen atoms in total. The Balaban J connectivity index is 3.04. The van der Waals surface area contributed by atoms with Crippen molar-refractivity contribution >= 4 is 15.6 Å². The number of carbonyl (C=O) groups is 1. The number of carbonyl (C=O) groups excluding carboxylic acids is 1. The third-order valence-corrected chi connectivity index (χ3v) is 3.06. The summed E-state index contributed by atoms with van der Waals surface area (Å²) in [6, 6.07) is 8.20. The third kappa shape index (κ3) is 2.87. The molecule has 0 aliphatic rings. The van der Waals surface area contributed by atoms with Gasteiger partial charge < -0.3 is 4.74 Å². The van der Waals surface area contributed by atoms with Gasteiger partial charge in [-0.2, -0.15) is 0 Å². The molecule has 1 atom stereocenters. The van der Waals surface area contributed by atoms with Crippen molar-refractivity contribution in [2.75, 3.05) is 13.4 Å². The van der Waals surface area contributed by atoms with Crippen LogP contribution in [0.2, 0.25) is 0 Å². The monoisotopic (exact) mass is 228 g/mol. The first-order chi connectivity index (χ1) is 6.96. The molecule has 0 aliphatic heterocycles. The Bertz CT molecular complexity index is 436. The van der Waals surface area contributed by atoms with Gasteiger partial charge in [-0.25, -0.2) is 8.42 Å². The fourth-order valence-electron chi connectivity index (χ4n) is 1.21. The summed E-state index contributed by atoms with van der Waals surface area (Å²) in [6.07, 6.45) is 0.974. The average Bonchev–Trinajstić information content (AvgIpc) is 2.18. The number of ketones is 1. The van der Waals surface area contributed by atoms with E-state index < -0.39 is 21.1 Å². The fourth-order valence-corrected chi connectivity index (χ4v) is 2.09. The standard InChI is InChI=1S/C10H12O4S/c1-14-10(15(2,12)13)9(11)8-6-4-3-5-7-8/h3-7,10H,1-2H3. The molecule has 1 aromatic rings. The Kier molecular flexibility index (Phi) is 3.60. The molecule has 0 aliphatic carbocycles. The molecular formula is C10H12O4S. The molecule has 0 fully saturated rings. The van der Waals surface area contributed by atoms with Gasteiger partial charge in [0.15, 0.2) is 9.84 Å². The summed E-state index contributed by atoms with van der Waals surface area (Å²) in [4.78, 5) is 11.7. The van der Waals surface area contributed by atoms with Crippen LogP contribution in [0.1, 0.15) is 10.4 Å². The van der Waals surface area contributed by atoms with E-state index >= 15 is 0 Å². The molecule has 0 saturated heterocycles. The number of benzene rings is 1. The van der Waals surface area contributed by atoms with Crippen LogP contribution >= 0.6 is 0 Å². The Morgan fingerprint density at radius 2 is 1.80 bits per heavy atom. The lowest BCUT2D eigenvalue weighted by Crippen LogP contribution is -2.31. The van der Waals surface area contributed by atoms with Crippen LogP contribution in [0, 0.1) is 0 Å². The minimum atomic E-state index is -3.53. The number of hydrogen-bond donors (Lipinski definition) is 0. The van der Waals surface area contributed by atoms with Crippen LogP contribution in [0.3, 0.4) is 0 Å². The van der Waals surface area contributed by atoms with E-state index in [4.69, 9.17) is 4.74 Å². The quantitative estimate of drug-likeness (QED) is 0.718. The van der Waals surface area contributed by atoms with Gasteiger partial charge in [-0.15, -0.1) is 0 Å². The van der Waals surface area contributed by atoms with Gasteiger partial charge in [-0.1, -0.05) is 30.3 Å². The smallest absolute Gasteiger partial charge is 0.221 e. The van der Waals surface area contributed by atoms with E-state index in [1.54, 1.807) is 30.3 Å². The lowest BCUT2D eigenvalue weighted by Gasteiger charge is -2.11. The molecule has 1 rings (SSSR count). The second-order valence-corrected chi connectivity index (χ2v) is 5.21. The predicted octanol–water partition coefficient (Wildman–Crippen LogP) is 0.886. The fraction of sp³-hybridized carbons (Fsp3) is 0.300. The van der Waals surface area contributed by atoms with E-state index in [0.717, 1.165) is 6.26 Å². The van der Waals surface area contributed by atoms with E-state index in [2.05, 4.69) is 0 Å². The van der Waals surface area contributed by atoms with Crippen molar-refractivity contribution in [3.8, 4) is 0 Å². The van der Waals surface area contributed by atoms with Crippen LogP contribution in [-0.4, -0.2) is 33.0 Å². The molecular weight excluding hydrogens is 216 g/mol. The molecule has 0 bridgehead atoms. The predicted molar refractivity (Wildman–Crippen MR) is 56.4 cm³/mol. The molecule has 0 spiro atoms. The lowest BCUT2D eigenvalue weighted by molar-refractivity contribution is 0.0779. The molecule has 5 heteroatoms. The Morgan fingerprint density at radius 1 is 1.27 bits per heavy atom. The largest absolute Gasteiger partial charge is 0.358 e. The van der Waals surface area contributed by atoms with Gasteiger partial charge in [-0.3, -0.25) is 4.79 Å². The van der Waals surface area contributed by atoms with Crippen molar-refractivity contribution in [3.05, 3.63) is 35.9 Å². The maximum absolute atomic E-state index is 11.7. The van der Waals surface area contributed by atoms with Crippen molar-refractivity contribution in [3.63, 3.8) is 0 Å². The van der Waals surface area contributed by atoms with E-state index in [0.29, 0.717) is 5.56 Å². The van der Waals surface area contributed by atoms with Crippen LogP contribution < -0.4 is 0 Å². The van der Waals surface area contributed by atoms with Crippen molar-refractivity contribution in [1.29, 1.82) is 0 Å². The SMILES string of the molecule is COC(C(=O)c1ccccc1)S(C)(=O)=O. The minimum Gasteiger partial charge on any atom is -0.358 e. The van der Waals surface area contributed by atoms with Gasteiger partial charge in [0.05, 0.1) is 0 Å². The first kappa shape index (κ1) is 11.9. The summed E-state index contributed by atoms with van der Waals surface area (Å²) in [5.74, 6) is -0.541. The normalized spacial score (nSPS) is 13.5. The zero-order chi connectivity index (χ0) is 11.5. The highest BCUT2D eigenvalue weighted by molar-refractivity contribution is 7.91. The Labute approximate surface area is 88.8 Å². The Hall–Kier alpha value is -1.20. The first-order valence-corrected chi connectivity index (χ1v) is 6.23. The van der Waals surface area contributed by atoms with Crippen molar-refractivity contribution in [1.82, 2.24) is 0 Å². The second-order valence-electron chi connectivity index (χ2n) is 3.13. The summed E-state index contributed by atoms with van der Waals surface area (Å²) in [7, 11) is -2.33. The van der Waals surface area contributed by atoms with Crippen LogP contribution in [-0.2, 0) is 14.6 Å². The summed E-state index contributed by atoms with van der Waals surface area (Å²) in [6.45, 7) is 0. The van der Waals surface area contributed by atoms with Crippen LogP contribution in [0.4, 0.5) is 0 Å². The lowest BCUT2D eigenvalue weighted by atomic mass is 10.1. The average molecular weight is 228 g/mol. The first-order valence-electron chi connectivity index (χ1n) is 4.27. The summed E-state index contributed by atoms with van der Waals surface area (Å²) in [5, 5.41) is 0. The van der Waals surface area contributed by atoms with Gasteiger partial charge in [0, 0.05) is 18.9 Å². The van der Waals surface area contributed by atoms with Crippen LogP contribution in [0.5, 0.6) is 0 Å². The topological polar surface area (TPSA) is 60.4 Å². The van der Waals surface area contributed by atoms with Crippen LogP contribution in [0.15, 0.2) is 30.3 Å². The summed E-state index contributed by atoms with van der Waals surface area (Å²) < 4.78 is 27.2. The van der Waals surface area contributed by atoms with Crippen molar-refractivity contribution in [2.24, 2.45) is 0 Å². The number of Topliss-reactive ketones (excluding diaryl/α,β-unsaturated/α-hetero) is 1. The molecule has 82 valence electrons. The molecule has 0 aromatic heterocycles. The molecule has 0 saturated carbocycles. The molecule has 0 amide bonds. The zero-order valence-corrected chi connectivity index (χ0v) is 9.32. The molecule has 0 N–H and O–H groups in total. The maximum atomic E-state index is 11.7. The van der Waals surface area contributed by atoms with E-state index in [1.165, 1.54) is 7.11 Å². The highest BCUT2D eigenvalue weighted by Gasteiger charge is 2.29. The van der Waals surface area contributed by atoms with Crippen molar-refractivity contribution < 1.29 is 17.9 Å². The minimum absolute atomic E-state index is 0.328. The van der Waals surface area contributed by atoms with E-state index in [1.807, 2.05) is 0 Å². The molecule has 0 radical (unpaired) electrons. The van der Waals surface area contributed by atoms with Gasteiger partial charge in [0.25, 0.3) is 0 Å². The number of ether oxygens (including phenoxy) is 1. The van der Waals surface area contributed by atoms with Gasteiger partial charge in [0.1, 0.15) is 0 Å². The second kappa shape index (κ2) is 4.55. The molecule has 1 aromatic carbocycles. The van der Waals surface area contributed by atoms with Gasteiger partial charge in [0.2, 0.25) is 11.2 Å². The number of rotatable bonds is 4. The highest BCUT2D eigenvalue weighted by Crippen LogP contribution is 2.10. The van der Waals surface area contributed by atoms with Crippen molar-refractivity contribution in [2.45, 2.75) is 5.44 Å². The summed E-state index contributed by atoms with van der Waals surface area (Å²) in [5.41, 5.74) is -1.09.